The first kappa shape index (κ1) is 15.9. The van der Waals surface area contributed by atoms with Gasteiger partial charge in [-0.2, -0.15) is 0 Å². The summed E-state index contributed by atoms with van der Waals surface area (Å²) in [4.78, 5) is 11.9. The van der Waals surface area contributed by atoms with Gasteiger partial charge in [-0.15, -0.1) is 12.4 Å². The third kappa shape index (κ3) is 4.48. The van der Waals surface area contributed by atoms with Crippen LogP contribution in [-0.2, 0) is 11.3 Å². The first-order valence-electron chi connectivity index (χ1n) is 6.40. The Morgan fingerprint density at radius 1 is 1.42 bits per heavy atom. The summed E-state index contributed by atoms with van der Waals surface area (Å²) in [6.45, 7) is 3.93. The Hall–Kier alpha value is -1.13. The Morgan fingerprint density at radius 2 is 2.11 bits per heavy atom. The molecule has 0 aliphatic carbocycles. The van der Waals surface area contributed by atoms with Crippen LogP contribution in [0.15, 0.2) is 18.2 Å². The number of carbonyl (C=O) groups excluding carboxylic acids is 1. The molecule has 0 saturated carbocycles. The van der Waals surface area contributed by atoms with Crippen LogP contribution in [0.3, 0.4) is 0 Å². The molecule has 1 fully saturated rings. The second-order valence-electron chi connectivity index (χ2n) is 4.83. The lowest BCUT2D eigenvalue weighted by Gasteiger charge is -2.21. The highest BCUT2D eigenvalue weighted by Crippen LogP contribution is 2.13. The van der Waals surface area contributed by atoms with Crippen LogP contribution >= 0.6 is 12.4 Å². The van der Waals surface area contributed by atoms with Crippen LogP contribution in [0.1, 0.15) is 24.0 Å². The number of aryl methyl sites for hydroxylation is 1. The molecule has 1 saturated heterocycles. The molecule has 2 N–H and O–H groups in total. The first-order valence-corrected chi connectivity index (χ1v) is 6.40. The van der Waals surface area contributed by atoms with E-state index in [2.05, 4.69) is 10.6 Å². The van der Waals surface area contributed by atoms with Gasteiger partial charge in [0.15, 0.2) is 0 Å². The number of piperidine rings is 1. The van der Waals surface area contributed by atoms with Crippen LogP contribution in [0.5, 0.6) is 0 Å². The molecule has 0 bridgehead atoms. The average Bonchev–Trinajstić information content (AvgIpc) is 2.41. The number of halogens is 2. The van der Waals surface area contributed by atoms with Crippen molar-refractivity contribution in [2.45, 2.75) is 26.3 Å². The van der Waals surface area contributed by atoms with Crippen LogP contribution in [0.25, 0.3) is 0 Å². The quantitative estimate of drug-likeness (QED) is 0.894. The summed E-state index contributed by atoms with van der Waals surface area (Å²) < 4.78 is 13.3. The van der Waals surface area contributed by atoms with Crippen LogP contribution in [0.4, 0.5) is 4.39 Å². The molecule has 106 valence electrons. The number of hydrogen-bond acceptors (Lipinski definition) is 2. The smallest absolute Gasteiger partial charge is 0.223 e. The Balaban J connectivity index is 0.00000180. The second-order valence-corrected chi connectivity index (χ2v) is 4.83. The van der Waals surface area contributed by atoms with E-state index in [0.717, 1.165) is 31.5 Å². The zero-order chi connectivity index (χ0) is 13.0. The lowest BCUT2D eigenvalue weighted by atomic mass is 9.97. The SMILES string of the molecule is Cc1ccc(CNC(=O)C2CCNCC2)cc1F.Cl. The van der Waals surface area contributed by atoms with E-state index in [1.807, 2.05) is 6.07 Å². The number of rotatable bonds is 3. The Bertz CT molecular complexity index is 433. The molecule has 1 aliphatic rings. The molecule has 0 radical (unpaired) electrons. The zero-order valence-corrected chi connectivity index (χ0v) is 11.9. The molecule has 0 atom stereocenters. The van der Waals surface area contributed by atoms with Gasteiger partial charge >= 0.3 is 0 Å². The van der Waals surface area contributed by atoms with Crippen molar-refractivity contribution in [2.24, 2.45) is 5.92 Å². The molecule has 1 aliphatic heterocycles. The van der Waals surface area contributed by atoms with E-state index in [1.54, 1.807) is 13.0 Å². The van der Waals surface area contributed by atoms with E-state index in [4.69, 9.17) is 0 Å². The summed E-state index contributed by atoms with van der Waals surface area (Å²) in [6.07, 6.45) is 1.77. The lowest BCUT2D eigenvalue weighted by molar-refractivity contribution is -0.125. The minimum Gasteiger partial charge on any atom is -0.352 e. The van der Waals surface area contributed by atoms with E-state index in [0.29, 0.717) is 12.1 Å². The van der Waals surface area contributed by atoms with Gasteiger partial charge in [0.05, 0.1) is 0 Å². The van der Waals surface area contributed by atoms with Crippen LogP contribution in [-0.4, -0.2) is 19.0 Å². The molecule has 5 heteroatoms. The molecule has 3 nitrogen and oxygen atoms in total. The maximum Gasteiger partial charge on any atom is 0.223 e. The fourth-order valence-electron chi connectivity index (χ4n) is 2.16. The van der Waals surface area contributed by atoms with Crippen molar-refractivity contribution >= 4 is 18.3 Å². The molecular formula is C14H20ClFN2O. The number of hydrogen-bond donors (Lipinski definition) is 2. The fourth-order valence-corrected chi connectivity index (χ4v) is 2.16. The molecule has 19 heavy (non-hydrogen) atoms. The highest BCUT2D eigenvalue weighted by atomic mass is 35.5. The number of benzene rings is 1. The molecule has 2 rings (SSSR count). The fraction of sp³-hybridized carbons (Fsp3) is 0.500. The lowest BCUT2D eigenvalue weighted by Crippen LogP contribution is -2.37. The van der Waals surface area contributed by atoms with Crippen LogP contribution < -0.4 is 10.6 Å². The maximum absolute atomic E-state index is 13.3. The largest absolute Gasteiger partial charge is 0.352 e. The Kier molecular flexibility index (Phi) is 6.25. The van der Waals surface area contributed by atoms with Gasteiger partial charge in [0.2, 0.25) is 5.91 Å². The van der Waals surface area contributed by atoms with Gasteiger partial charge in [-0.3, -0.25) is 4.79 Å². The summed E-state index contributed by atoms with van der Waals surface area (Å²) in [5.41, 5.74) is 1.43. The Morgan fingerprint density at radius 3 is 2.74 bits per heavy atom. The van der Waals surface area contributed by atoms with Crippen LogP contribution in [0, 0.1) is 18.7 Å². The minimum atomic E-state index is -0.219. The molecule has 1 aromatic rings. The Labute approximate surface area is 119 Å². The number of amides is 1. The van der Waals surface area contributed by atoms with Gasteiger partial charge < -0.3 is 10.6 Å². The van der Waals surface area contributed by atoms with Gasteiger partial charge in [-0.05, 0) is 50.0 Å². The summed E-state index contributed by atoms with van der Waals surface area (Å²) >= 11 is 0. The predicted molar refractivity (Wildman–Crippen MR) is 75.8 cm³/mol. The predicted octanol–water partition coefficient (Wildman–Crippen LogP) is 2.17. The van der Waals surface area contributed by atoms with E-state index < -0.39 is 0 Å². The van der Waals surface area contributed by atoms with E-state index >= 15 is 0 Å². The van der Waals surface area contributed by atoms with Crippen molar-refractivity contribution < 1.29 is 9.18 Å². The zero-order valence-electron chi connectivity index (χ0n) is 11.0. The monoisotopic (exact) mass is 286 g/mol. The summed E-state index contributed by atoms with van der Waals surface area (Å²) in [7, 11) is 0. The summed E-state index contributed by atoms with van der Waals surface area (Å²) in [5.74, 6) is -0.0392. The van der Waals surface area contributed by atoms with Gasteiger partial charge in [0.25, 0.3) is 0 Å². The van der Waals surface area contributed by atoms with E-state index in [1.165, 1.54) is 6.07 Å². The maximum atomic E-state index is 13.3. The minimum absolute atomic E-state index is 0. The standard InChI is InChI=1S/C14H19FN2O.ClH/c1-10-2-3-11(8-13(10)15)9-17-14(18)12-4-6-16-7-5-12;/h2-3,8,12,16H,4-7,9H2,1H3,(H,17,18);1H. The first-order chi connectivity index (χ1) is 8.66. The average molecular weight is 287 g/mol. The van der Waals surface area contributed by atoms with Crippen molar-refractivity contribution in [1.82, 2.24) is 10.6 Å². The van der Waals surface area contributed by atoms with E-state index in [9.17, 15) is 9.18 Å². The van der Waals surface area contributed by atoms with Gasteiger partial charge in [-0.1, -0.05) is 12.1 Å². The topological polar surface area (TPSA) is 41.1 Å². The van der Waals surface area contributed by atoms with Crippen LogP contribution in [0.2, 0.25) is 0 Å². The summed E-state index contributed by atoms with van der Waals surface area (Å²) in [6, 6.07) is 5.07. The third-order valence-corrected chi connectivity index (χ3v) is 3.41. The van der Waals surface area contributed by atoms with Crippen molar-refractivity contribution in [3.8, 4) is 0 Å². The van der Waals surface area contributed by atoms with Crippen molar-refractivity contribution in [3.05, 3.63) is 35.1 Å². The molecule has 0 spiro atoms. The number of nitrogens with one attached hydrogen (secondary N) is 2. The number of carbonyl (C=O) groups is 1. The van der Waals surface area contributed by atoms with E-state index in [-0.39, 0.29) is 30.0 Å². The molecule has 0 unspecified atom stereocenters. The van der Waals surface area contributed by atoms with Gasteiger partial charge in [0.1, 0.15) is 5.82 Å². The molecule has 0 aromatic heterocycles. The highest BCUT2D eigenvalue weighted by molar-refractivity contribution is 5.85. The van der Waals surface area contributed by atoms with Gasteiger partial charge in [0, 0.05) is 12.5 Å². The normalized spacial score (nSPS) is 15.7. The molecule has 1 aromatic carbocycles. The molecule has 1 amide bonds. The van der Waals surface area contributed by atoms with Crippen molar-refractivity contribution in [2.75, 3.05) is 13.1 Å². The van der Waals surface area contributed by atoms with Crippen molar-refractivity contribution in [3.63, 3.8) is 0 Å². The molecular weight excluding hydrogens is 267 g/mol. The molecule has 1 heterocycles. The second kappa shape index (κ2) is 7.46. The van der Waals surface area contributed by atoms with Crippen molar-refractivity contribution in [1.29, 1.82) is 0 Å². The van der Waals surface area contributed by atoms with Gasteiger partial charge in [-0.25, -0.2) is 4.39 Å². The highest BCUT2D eigenvalue weighted by Gasteiger charge is 2.20. The third-order valence-electron chi connectivity index (χ3n) is 3.41. The summed E-state index contributed by atoms with van der Waals surface area (Å²) in [5, 5.41) is 6.11.